The van der Waals surface area contributed by atoms with Crippen LogP contribution in [-0.2, 0) is 11.3 Å². The lowest BCUT2D eigenvalue weighted by Gasteiger charge is -2.26. The Labute approximate surface area is 114 Å². The summed E-state index contributed by atoms with van der Waals surface area (Å²) in [5.41, 5.74) is 0.525. The first-order chi connectivity index (χ1) is 9.10. The molecule has 0 radical (unpaired) electrons. The molecule has 0 atom stereocenters. The summed E-state index contributed by atoms with van der Waals surface area (Å²) in [7, 11) is 1.38. The quantitative estimate of drug-likeness (QED) is 0.850. The maximum atomic E-state index is 11.5. The minimum absolute atomic E-state index is 0.334. The number of hydrogen-bond donors (Lipinski definition) is 1. The van der Waals surface area contributed by atoms with Crippen LogP contribution < -0.4 is 5.32 Å². The van der Waals surface area contributed by atoms with Crippen molar-refractivity contribution in [3.63, 3.8) is 0 Å². The van der Waals surface area contributed by atoms with Gasteiger partial charge in [-0.05, 0) is 44.6 Å². The molecule has 0 bridgehead atoms. The first-order valence-electron chi connectivity index (χ1n) is 7.01. The van der Waals surface area contributed by atoms with Crippen molar-refractivity contribution >= 4 is 5.97 Å². The Morgan fingerprint density at radius 1 is 1.42 bits per heavy atom. The number of aryl methyl sites for hydroxylation is 1. The zero-order chi connectivity index (χ0) is 13.8. The van der Waals surface area contributed by atoms with Crippen LogP contribution in [0.3, 0.4) is 0 Å². The zero-order valence-corrected chi connectivity index (χ0v) is 12.0. The highest BCUT2D eigenvalue weighted by atomic mass is 16.5. The molecular weight excluding hydrogens is 242 g/mol. The van der Waals surface area contributed by atoms with Gasteiger partial charge in [-0.3, -0.25) is 0 Å². The summed E-state index contributed by atoms with van der Waals surface area (Å²) in [4.78, 5) is 11.5. The summed E-state index contributed by atoms with van der Waals surface area (Å²) in [5, 5.41) is 3.51. The molecule has 0 aliphatic heterocycles. The van der Waals surface area contributed by atoms with E-state index in [1.165, 1.54) is 32.8 Å². The summed E-state index contributed by atoms with van der Waals surface area (Å²) in [6.07, 6.45) is 5.04. The average molecular weight is 265 g/mol. The summed E-state index contributed by atoms with van der Waals surface area (Å²) < 4.78 is 10.3. The zero-order valence-electron chi connectivity index (χ0n) is 12.0. The molecule has 1 aliphatic carbocycles. The highest BCUT2D eigenvalue weighted by molar-refractivity contribution is 5.90. The smallest absolute Gasteiger partial charge is 0.341 e. The number of carbonyl (C=O) groups is 1. The van der Waals surface area contributed by atoms with Crippen molar-refractivity contribution in [2.24, 2.45) is 5.92 Å². The monoisotopic (exact) mass is 265 g/mol. The van der Waals surface area contributed by atoms with Crippen molar-refractivity contribution in [3.8, 4) is 0 Å². The molecule has 1 fully saturated rings. The molecule has 0 aromatic carbocycles. The molecular formula is C15H23NO3. The lowest BCUT2D eigenvalue weighted by Crippen LogP contribution is -2.32. The third-order valence-corrected chi connectivity index (χ3v) is 3.95. The molecule has 2 rings (SSSR count). The molecule has 106 valence electrons. The number of esters is 1. The topological polar surface area (TPSA) is 51.5 Å². The van der Waals surface area contributed by atoms with Gasteiger partial charge in [-0.2, -0.15) is 0 Å². The lowest BCUT2D eigenvalue weighted by molar-refractivity contribution is 0.0599. The number of ether oxygens (including phenoxy) is 1. The second-order valence-corrected chi connectivity index (χ2v) is 5.51. The van der Waals surface area contributed by atoms with E-state index >= 15 is 0 Å². The van der Waals surface area contributed by atoms with Crippen LogP contribution in [-0.4, -0.2) is 19.1 Å². The van der Waals surface area contributed by atoms with E-state index < -0.39 is 0 Å². The molecule has 1 aromatic heterocycles. The molecule has 4 heteroatoms. The maximum Gasteiger partial charge on any atom is 0.341 e. The lowest BCUT2D eigenvalue weighted by atomic mass is 9.87. The Morgan fingerprint density at radius 2 is 2.11 bits per heavy atom. The van der Waals surface area contributed by atoms with Crippen molar-refractivity contribution in [1.29, 1.82) is 0 Å². The molecule has 1 aliphatic rings. The Bertz CT molecular complexity index is 431. The van der Waals surface area contributed by atoms with Crippen LogP contribution in [0.4, 0.5) is 0 Å². The van der Waals surface area contributed by atoms with Crippen molar-refractivity contribution < 1.29 is 13.9 Å². The van der Waals surface area contributed by atoms with Crippen LogP contribution >= 0.6 is 0 Å². The fourth-order valence-corrected chi connectivity index (χ4v) is 2.65. The predicted octanol–water partition coefficient (Wildman–Crippen LogP) is 3.04. The van der Waals surface area contributed by atoms with Gasteiger partial charge in [-0.1, -0.05) is 6.92 Å². The average Bonchev–Trinajstić information content (AvgIpc) is 2.78. The van der Waals surface area contributed by atoms with Crippen LogP contribution in [0, 0.1) is 12.8 Å². The molecule has 0 unspecified atom stereocenters. The Hall–Kier alpha value is -1.29. The van der Waals surface area contributed by atoms with Crippen LogP contribution in [0.25, 0.3) is 0 Å². The van der Waals surface area contributed by atoms with Crippen LogP contribution in [0.1, 0.15) is 54.5 Å². The van der Waals surface area contributed by atoms with Gasteiger partial charge < -0.3 is 14.5 Å². The molecule has 1 N–H and O–H groups in total. The number of nitrogens with one attached hydrogen (secondary N) is 1. The summed E-state index contributed by atoms with van der Waals surface area (Å²) in [6.45, 7) is 4.78. The standard InChI is InChI=1S/C15H23NO3/c1-10-4-6-12(7-5-10)16-9-13-8-14(11(2)19-13)15(17)18-3/h8,10,12,16H,4-7,9H2,1-3H3. The van der Waals surface area contributed by atoms with Crippen molar-refractivity contribution in [1.82, 2.24) is 5.32 Å². The van der Waals surface area contributed by atoms with E-state index in [9.17, 15) is 4.79 Å². The van der Waals surface area contributed by atoms with Gasteiger partial charge >= 0.3 is 5.97 Å². The van der Waals surface area contributed by atoms with Gasteiger partial charge in [0, 0.05) is 6.04 Å². The van der Waals surface area contributed by atoms with E-state index in [1.54, 1.807) is 13.0 Å². The van der Waals surface area contributed by atoms with Gasteiger partial charge in [-0.25, -0.2) is 4.79 Å². The summed E-state index contributed by atoms with van der Waals surface area (Å²) >= 11 is 0. The summed E-state index contributed by atoms with van der Waals surface area (Å²) in [6, 6.07) is 2.35. The van der Waals surface area contributed by atoms with Gasteiger partial charge in [-0.15, -0.1) is 0 Å². The van der Waals surface area contributed by atoms with E-state index in [2.05, 4.69) is 12.2 Å². The van der Waals surface area contributed by atoms with Crippen molar-refractivity contribution in [2.45, 2.75) is 52.1 Å². The third kappa shape index (κ3) is 3.60. The molecule has 1 heterocycles. The van der Waals surface area contributed by atoms with Crippen molar-refractivity contribution in [2.75, 3.05) is 7.11 Å². The van der Waals surface area contributed by atoms with Gasteiger partial charge in [0.1, 0.15) is 17.1 Å². The minimum Gasteiger partial charge on any atom is -0.465 e. The maximum absolute atomic E-state index is 11.5. The highest BCUT2D eigenvalue weighted by Crippen LogP contribution is 2.24. The van der Waals surface area contributed by atoms with E-state index in [-0.39, 0.29) is 5.97 Å². The first kappa shape index (κ1) is 14.1. The second-order valence-electron chi connectivity index (χ2n) is 5.51. The number of carbonyl (C=O) groups excluding carboxylic acids is 1. The number of hydrogen-bond acceptors (Lipinski definition) is 4. The minimum atomic E-state index is -0.334. The van der Waals surface area contributed by atoms with Gasteiger partial charge in [0.2, 0.25) is 0 Å². The largest absolute Gasteiger partial charge is 0.465 e. The second kappa shape index (κ2) is 6.24. The molecule has 4 nitrogen and oxygen atoms in total. The highest BCUT2D eigenvalue weighted by Gasteiger charge is 2.19. The molecule has 0 saturated heterocycles. The molecule has 0 spiro atoms. The fraction of sp³-hybridized carbons (Fsp3) is 0.667. The van der Waals surface area contributed by atoms with Gasteiger partial charge in [0.25, 0.3) is 0 Å². The number of rotatable bonds is 4. The van der Waals surface area contributed by atoms with Gasteiger partial charge in [0.15, 0.2) is 0 Å². The van der Waals surface area contributed by atoms with E-state index in [1.807, 2.05) is 0 Å². The predicted molar refractivity (Wildman–Crippen MR) is 73.0 cm³/mol. The van der Waals surface area contributed by atoms with E-state index in [4.69, 9.17) is 9.15 Å². The SMILES string of the molecule is COC(=O)c1cc(CNC2CCC(C)CC2)oc1C. The normalized spacial score (nSPS) is 23.3. The van der Waals surface area contributed by atoms with Crippen LogP contribution in [0.2, 0.25) is 0 Å². The number of methoxy groups -OCH3 is 1. The summed E-state index contributed by atoms with van der Waals surface area (Å²) in [5.74, 6) is 1.95. The molecule has 1 saturated carbocycles. The molecule has 0 amide bonds. The first-order valence-corrected chi connectivity index (χ1v) is 7.01. The van der Waals surface area contributed by atoms with Crippen LogP contribution in [0.5, 0.6) is 0 Å². The van der Waals surface area contributed by atoms with Crippen LogP contribution in [0.15, 0.2) is 10.5 Å². The van der Waals surface area contributed by atoms with E-state index in [0.717, 1.165) is 11.7 Å². The third-order valence-electron chi connectivity index (χ3n) is 3.95. The Morgan fingerprint density at radius 3 is 2.74 bits per heavy atom. The Balaban J connectivity index is 1.88. The van der Waals surface area contributed by atoms with E-state index in [0.29, 0.717) is 23.9 Å². The Kier molecular flexibility index (Phi) is 4.64. The number of furan rings is 1. The molecule has 19 heavy (non-hydrogen) atoms. The van der Waals surface area contributed by atoms with Gasteiger partial charge in [0.05, 0.1) is 13.7 Å². The molecule has 1 aromatic rings. The van der Waals surface area contributed by atoms with Crippen molar-refractivity contribution in [3.05, 3.63) is 23.2 Å². The fourth-order valence-electron chi connectivity index (χ4n) is 2.65.